The Morgan fingerprint density at radius 2 is 0.731 bits per heavy atom. The molecular weight excluding hydrogens is 629 g/mol. The molecule has 2 nitrogen and oxygen atoms in total. The topological polar surface area (TPSA) is 25.8 Å². The number of hydrogen-bond acceptors (Lipinski definition) is 2. The van der Waals surface area contributed by atoms with Gasteiger partial charge < -0.3 is 0 Å². The van der Waals surface area contributed by atoms with Crippen LogP contribution in [0.2, 0.25) is 0 Å². The molecule has 8 aromatic carbocycles. The summed E-state index contributed by atoms with van der Waals surface area (Å²) in [6, 6.07) is 67.5. The van der Waals surface area contributed by atoms with E-state index in [0.29, 0.717) is 0 Å². The summed E-state index contributed by atoms with van der Waals surface area (Å²) in [5.41, 5.74) is 10.8. The number of fused-ring (bicyclic) bond motifs is 4. The minimum atomic E-state index is 0.849. The van der Waals surface area contributed by atoms with Crippen LogP contribution in [0.4, 0.5) is 0 Å². The standard InChI is InChI=1S/C50H32N2/c1-5-15-41-37(11-1)31-38-12-2-6-16-42(38)48(41)34-22-20-33(21-23-34)45-28-29-47(46-19-9-10-30-51-46)52-50(45)36-26-24-35(25-27-36)49-43-17-7-3-13-39(43)32-40-14-4-8-18-44(40)49/h1-32H. The molecule has 0 amide bonds. The van der Waals surface area contributed by atoms with Crippen LogP contribution in [0.3, 0.4) is 0 Å². The highest BCUT2D eigenvalue weighted by Crippen LogP contribution is 2.41. The number of nitrogens with zero attached hydrogens (tertiary/aromatic N) is 2. The van der Waals surface area contributed by atoms with Crippen LogP contribution in [0.25, 0.3) is 99.1 Å². The summed E-state index contributed by atoms with van der Waals surface area (Å²) in [6.07, 6.45) is 1.82. The number of aromatic nitrogens is 2. The Kier molecular flexibility index (Phi) is 7.18. The van der Waals surface area contributed by atoms with Gasteiger partial charge in [-0.25, -0.2) is 4.98 Å². The number of benzene rings is 8. The van der Waals surface area contributed by atoms with Crippen LogP contribution in [0, 0.1) is 0 Å². The average molecular weight is 661 g/mol. The maximum absolute atomic E-state index is 5.29. The molecule has 2 aromatic heterocycles. The van der Waals surface area contributed by atoms with Crippen molar-refractivity contribution in [2.45, 2.75) is 0 Å². The monoisotopic (exact) mass is 660 g/mol. The summed E-state index contributed by atoms with van der Waals surface area (Å²) in [4.78, 5) is 9.92. The summed E-state index contributed by atoms with van der Waals surface area (Å²) in [7, 11) is 0. The van der Waals surface area contributed by atoms with Gasteiger partial charge in [-0.1, -0.05) is 152 Å². The third kappa shape index (κ3) is 5.12. The van der Waals surface area contributed by atoms with Crippen molar-refractivity contribution in [2.75, 3.05) is 0 Å². The van der Waals surface area contributed by atoms with E-state index < -0.39 is 0 Å². The molecule has 0 aliphatic rings. The molecule has 0 saturated carbocycles. The molecule has 10 rings (SSSR count). The molecule has 242 valence electrons. The fourth-order valence-electron chi connectivity index (χ4n) is 7.83. The lowest BCUT2D eigenvalue weighted by Gasteiger charge is -2.15. The molecule has 0 bridgehead atoms. The van der Waals surface area contributed by atoms with Gasteiger partial charge in [0.1, 0.15) is 0 Å². The Morgan fingerprint density at radius 1 is 0.308 bits per heavy atom. The Labute approximate surface area is 302 Å². The van der Waals surface area contributed by atoms with E-state index in [9.17, 15) is 0 Å². The Bertz CT molecular complexity index is 2820. The average Bonchev–Trinajstić information content (AvgIpc) is 3.22. The number of pyridine rings is 2. The molecule has 52 heavy (non-hydrogen) atoms. The van der Waals surface area contributed by atoms with Gasteiger partial charge in [0.25, 0.3) is 0 Å². The van der Waals surface area contributed by atoms with Gasteiger partial charge in [-0.2, -0.15) is 0 Å². The molecule has 0 saturated heterocycles. The highest BCUT2D eigenvalue weighted by Gasteiger charge is 2.16. The van der Waals surface area contributed by atoms with Crippen LogP contribution in [-0.4, -0.2) is 9.97 Å². The van der Waals surface area contributed by atoms with E-state index in [1.807, 2.05) is 24.4 Å². The van der Waals surface area contributed by atoms with E-state index in [1.165, 1.54) is 65.3 Å². The van der Waals surface area contributed by atoms with E-state index >= 15 is 0 Å². The Morgan fingerprint density at radius 3 is 1.19 bits per heavy atom. The molecule has 0 aliphatic heterocycles. The van der Waals surface area contributed by atoms with Crippen molar-refractivity contribution in [1.29, 1.82) is 0 Å². The maximum Gasteiger partial charge on any atom is 0.0894 e. The fraction of sp³-hybridized carbons (Fsp3) is 0. The predicted molar refractivity (Wildman–Crippen MR) is 219 cm³/mol. The molecule has 0 unspecified atom stereocenters. The highest BCUT2D eigenvalue weighted by molar-refractivity contribution is 6.14. The van der Waals surface area contributed by atoms with Gasteiger partial charge in [-0.15, -0.1) is 0 Å². The third-order valence-electron chi connectivity index (χ3n) is 10.3. The van der Waals surface area contributed by atoms with Crippen LogP contribution in [0.1, 0.15) is 0 Å². The van der Waals surface area contributed by atoms with Crippen molar-refractivity contribution in [3.8, 4) is 56.0 Å². The lowest BCUT2D eigenvalue weighted by Crippen LogP contribution is -1.94. The van der Waals surface area contributed by atoms with Gasteiger partial charge in [-0.05, 0) is 107 Å². The first-order valence-electron chi connectivity index (χ1n) is 17.7. The van der Waals surface area contributed by atoms with Gasteiger partial charge in [-0.3, -0.25) is 4.98 Å². The SMILES string of the molecule is c1ccc(-c2ccc(-c3ccc(-c4c5ccccc5cc5ccccc45)cc3)c(-c3ccc(-c4c5ccccc5cc5ccccc45)cc3)n2)nc1. The second kappa shape index (κ2) is 12.5. The summed E-state index contributed by atoms with van der Waals surface area (Å²) < 4.78 is 0. The van der Waals surface area contributed by atoms with Gasteiger partial charge in [0.15, 0.2) is 0 Å². The minimum absolute atomic E-state index is 0.849. The molecule has 2 heteroatoms. The van der Waals surface area contributed by atoms with E-state index in [1.54, 1.807) is 0 Å². The number of hydrogen-bond donors (Lipinski definition) is 0. The van der Waals surface area contributed by atoms with Crippen LogP contribution in [0.5, 0.6) is 0 Å². The van der Waals surface area contributed by atoms with Gasteiger partial charge in [0.05, 0.1) is 17.1 Å². The molecule has 0 atom stereocenters. The van der Waals surface area contributed by atoms with Gasteiger partial charge >= 0.3 is 0 Å². The summed E-state index contributed by atoms with van der Waals surface area (Å²) >= 11 is 0. The largest absolute Gasteiger partial charge is 0.255 e. The molecule has 0 radical (unpaired) electrons. The normalized spacial score (nSPS) is 11.5. The van der Waals surface area contributed by atoms with Gasteiger partial charge in [0, 0.05) is 17.3 Å². The van der Waals surface area contributed by atoms with E-state index in [0.717, 1.165) is 33.8 Å². The minimum Gasteiger partial charge on any atom is -0.255 e. The van der Waals surface area contributed by atoms with Gasteiger partial charge in [0.2, 0.25) is 0 Å². The highest BCUT2D eigenvalue weighted by atomic mass is 14.8. The fourth-order valence-corrected chi connectivity index (χ4v) is 7.83. The maximum atomic E-state index is 5.29. The van der Waals surface area contributed by atoms with E-state index in [4.69, 9.17) is 4.98 Å². The molecule has 10 aromatic rings. The molecule has 0 spiro atoms. The summed E-state index contributed by atoms with van der Waals surface area (Å²) in [5.74, 6) is 0. The summed E-state index contributed by atoms with van der Waals surface area (Å²) in [6.45, 7) is 0. The molecular formula is C50H32N2. The zero-order valence-corrected chi connectivity index (χ0v) is 28.4. The third-order valence-corrected chi connectivity index (χ3v) is 10.3. The first-order valence-corrected chi connectivity index (χ1v) is 17.7. The first-order chi connectivity index (χ1) is 25.8. The van der Waals surface area contributed by atoms with Crippen molar-refractivity contribution >= 4 is 43.1 Å². The first kappa shape index (κ1) is 30.0. The Balaban J connectivity index is 1.11. The zero-order valence-electron chi connectivity index (χ0n) is 28.4. The Hall–Kier alpha value is -6.90. The molecule has 0 N–H and O–H groups in total. The quantitative estimate of drug-likeness (QED) is 0.172. The summed E-state index contributed by atoms with van der Waals surface area (Å²) in [5, 5.41) is 10.0. The second-order valence-corrected chi connectivity index (χ2v) is 13.4. The number of rotatable bonds is 5. The molecule has 0 fully saturated rings. The molecule has 0 aliphatic carbocycles. The smallest absolute Gasteiger partial charge is 0.0894 e. The van der Waals surface area contributed by atoms with Crippen LogP contribution < -0.4 is 0 Å². The van der Waals surface area contributed by atoms with E-state index in [2.05, 4.69) is 175 Å². The van der Waals surface area contributed by atoms with Crippen molar-refractivity contribution < 1.29 is 0 Å². The van der Waals surface area contributed by atoms with Crippen molar-refractivity contribution in [3.05, 3.63) is 194 Å². The van der Waals surface area contributed by atoms with Crippen LogP contribution in [-0.2, 0) is 0 Å². The van der Waals surface area contributed by atoms with Crippen LogP contribution in [0.15, 0.2) is 194 Å². The van der Waals surface area contributed by atoms with Crippen molar-refractivity contribution in [1.82, 2.24) is 9.97 Å². The lowest BCUT2D eigenvalue weighted by atomic mass is 9.90. The second-order valence-electron chi connectivity index (χ2n) is 13.4. The van der Waals surface area contributed by atoms with Crippen molar-refractivity contribution in [2.24, 2.45) is 0 Å². The van der Waals surface area contributed by atoms with Crippen LogP contribution >= 0.6 is 0 Å². The lowest BCUT2D eigenvalue weighted by molar-refractivity contribution is 1.25. The van der Waals surface area contributed by atoms with E-state index in [-0.39, 0.29) is 0 Å². The van der Waals surface area contributed by atoms with Crippen molar-refractivity contribution in [3.63, 3.8) is 0 Å². The zero-order chi connectivity index (χ0) is 34.4. The predicted octanol–water partition coefficient (Wildman–Crippen LogP) is 13.4. The molecule has 2 heterocycles.